The Morgan fingerprint density at radius 2 is 2.05 bits per heavy atom. The van der Waals surface area contributed by atoms with E-state index in [1.54, 1.807) is 19.1 Å². The van der Waals surface area contributed by atoms with Crippen molar-refractivity contribution in [3.05, 3.63) is 29.6 Å². The van der Waals surface area contributed by atoms with Gasteiger partial charge in [-0.3, -0.25) is 9.69 Å². The van der Waals surface area contributed by atoms with Crippen LogP contribution in [-0.4, -0.2) is 42.5 Å². The van der Waals surface area contributed by atoms with Gasteiger partial charge in [-0.2, -0.15) is 0 Å². The summed E-state index contributed by atoms with van der Waals surface area (Å²) in [6, 6.07) is 5.47. The van der Waals surface area contributed by atoms with E-state index in [1.165, 1.54) is 6.07 Å². The molecule has 0 radical (unpaired) electrons. The molecule has 0 aromatic heterocycles. The van der Waals surface area contributed by atoms with Gasteiger partial charge in [0.1, 0.15) is 5.82 Å². The summed E-state index contributed by atoms with van der Waals surface area (Å²) in [4.78, 5) is 14.2. The van der Waals surface area contributed by atoms with E-state index < -0.39 is 0 Å². The van der Waals surface area contributed by atoms with Gasteiger partial charge in [-0.05, 0) is 32.9 Å². The normalized spacial score (nSPS) is 23.6. The highest BCUT2D eigenvalue weighted by Crippen LogP contribution is 2.17. The minimum atomic E-state index is -0.299. The summed E-state index contributed by atoms with van der Waals surface area (Å²) in [6.45, 7) is 7.92. The van der Waals surface area contributed by atoms with Crippen LogP contribution in [-0.2, 0) is 4.79 Å². The van der Waals surface area contributed by atoms with E-state index in [9.17, 15) is 9.18 Å². The van der Waals surface area contributed by atoms with Crippen molar-refractivity contribution in [1.82, 2.24) is 10.2 Å². The van der Waals surface area contributed by atoms with Crippen LogP contribution in [0.5, 0.6) is 0 Å². The van der Waals surface area contributed by atoms with E-state index in [1.807, 2.05) is 0 Å². The van der Waals surface area contributed by atoms with E-state index in [2.05, 4.69) is 29.4 Å². The van der Waals surface area contributed by atoms with Crippen molar-refractivity contribution < 1.29 is 9.18 Å². The molecule has 1 amide bonds. The SMILES string of the molecule is Cc1c(F)cccc1NC(=O)CN1C[C@@H](C)N[C@@H](C)C1. The minimum absolute atomic E-state index is 0.0972. The number of benzene rings is 1. The number of nitrogens with one attached hydrogen (secondary N) is 2. The third-order valence-corrected chi connectivity index (χ3v) is 3.54. The first kappa shape index (κ1) is 14.9. The number of amides is 1. The maximum absolute atomic E-state index is 13.4. The number of nitrogens with zero attached hydrogens (tertiary/aromatic N) is 1. The third kappa shape index (κ3) is 3.77. The molecule has 1 aliphatic heterocycles. The summed E-state index contributed by atoms with van der Waals surface area (Å²) in [5, 5.41) is 6.21. The van der Waals surface area contributed by atoms with Crippen molar-refractivity contribution in [2.24, 2.45) is 0 Å². The highest BCUT2D eigenvalue weighted by Gasteiger charge is 2.22. The Labute approximate surface area is 119 Å². The van der Waals surface area contributed by atoms with Crippen LogP contribution in [0.3, 0.4) is 0 Å². The molecule has 2 N–H and O–H groups in total. The van der Waals surface area contributed by atoms with Crippen LogP contribution in [0, 0.1) is 12.7 Å². The van der Waals surface area contributed by atoms with Crippen molar-refractivity contribution in [3.63, 3.8) is 0 Å². The number of rotatable bonds is 3. The van der Waals surface area contributed by atoms with Gasteiger partial charge >= 0.3 is 0 Å². The Hall–Kier alpha value is -1.46. The molecular weight excluding hydrogens is 257 g/mol. The third-order valence-electron chi connectivity index (χ3n) is 3.54. The molecule has 1 aromatic rings. The summed E-state index contributed by atoms with van der Waals surface area (Å²) in [7, 11) is 0. The Bertz CT molecular complexity index is 482. The summed E-state index contributed by atoms with van der Waals surface area (Å²) in [6.07, 6.45) is 0. The molecule has 1 aromatic carbocycles. The number of hydrogen-bond acceptors (Lipinski definition) is 3. The largest absolute Gasteiger partial charge is 0.325 e. The molecule has 0 bridgehead atoms. The fourth-order valence-corrected chi connectivity index (χ4v) is 2.71. The first-order valence-corrected chi connectivity index (χ1v) is 6.99. The molecule has 2 atom stereocenters. The first-order valence-electron chi connectivity index (χ1n) is 6.99. The lowest BCUT2D eigenvalue weighted by Gasteiger charge is -2.35. The van der Waals surface area contributed by atoms with Crippen LogP contribution in [0.25, 0.3) is 0 Å². The van der Waals surface area contributed by atoms with Crippen molar-refractivity contribution >= 4 is 11.6 Å². The van der Waals surface area contributed by atoms with Gasteiger partial charge in [0.15, 0.2) is 0 Å². The van der Waals surface area contributed by atoms with E-state index in [0.717, 1.165) is 13.1 Å². The maximum Gasteiger partial charge on any atom is 0.238 e. The van der Waals surface area contributed by atoms with Crippen molar-refractivity contribution in [2.45, 2.75) is 32.9 Å². The van der Waals surface area contributed by atoms with Crippen LogP contribution in [0.4, 0.5) is 10.1 Å². The molecule has 1 heterocycles. The van der Waals surface area contributed by atoms with Crippen molar-refractivity contribution in [2.75, 3.05) is 25.0 Å². The van der Waals surface area contributed by atoms with Gasteiger partial charge in [-0.1, -0.05) is 6.07 Å². The zero-order valence-corrected chi connectivity index (χ0v) is 12.2. The van der Waals surface area contributed by atoms with Gasteiger partial charge < -0.3 is 10.6 Å². The summed E-state index contributed by atoms with van der Waals surface area (Å²) in [5.41, 5.74) is 1.02. The fraction of sp³-hybridized carbons (Fsp3) is 0.533. The maximum atomic E-state index is 13.4. The molecule has 2 rings (SSSR count). The molecular formula is C15H22FN3O. The van der Waals surface area contributed by atoms with Gasteiger partial charge in [0.2, 0.25) is 5.91 Å². The fourth-order valence-electron chi connectivity index (χ4n) is 2.71. The molecule has 0 aliphatic carbocycles. The van der Waals surface area contributed by atoms with Gasteiger partial charge in [0.05, 0.1) is 6.54 Å². The van der Waals surface area contributed by atoms with Gasteiger partial charge in [-0.15, -0.1) is 0 Å². The highest BCUT2D eigenvalue weighted by atomic mass is 19.1. The Morgan fingerprint density at radius 3 is 2.70 bits per heavy atom. The minimum Gasteiger partial charge on any atom is -0.325 e. The zero-order chi connectivity index (χ0) is 14.7. The van der Waals surface area contributed by atoms with E-state index in [-0.39, 0.29) is 11.7 Å². The molecule has 4 nitrogen and oxygen atoms in total. The quantitative estimate of drug-likeness (QED) is 0.886. The predicted molar refractivity (Wildman–Crippen MR) is 78.3 cm³/mol. The second-order valence-corrected chi connectivity index (χ2v) is 5.62. The standard InChI is InChI=1S/C15H22FN3O/c1-10-7-19(8-11(2)17-10)9-15(20)18-14-6-4-5-13(16)12(14)3/h4-6,10-11,17H,7-9H2,1-3H3,(H,18,20)/t10-,11+. The van der Waals surface area contributed by atoms with E-state index >= 15 is 0 Å². The van der Waals surface area contributed by atoms with Crippen molar-refractivity contribution in [3.8, 4) is 0 Å². The molecule has 20 heavy (non-hydrogen) atoms. The van der Waals surface area contributed by atoms with E-state index in [0.29, 0.717) is 29.9 Å². The van der Waals surface area contributed by atoms with Gasteiger partial charge in [-0.25, -0.2) is 4.39 Å². The number of hydrogen-bond donors (Lipinski definition) is 2. The molecule has 1 saturated heterocycles. The second kappa shape index (κ2) is 6.33. The second-order valence-electron chi connectivity index (χ2n) is 5.62. The number of halogens is 1. The molecule has 110 valence electrons. The van der Waals surface area contributed by atoms with Crippen LogP contribution >= 0.6 is 0 Å². The summed E-state index contributed by atoms with van der Waals surface area (Å²) < 4.78 is 13.4. The van der Waals surface area contributed by atoms with Gasteiger partial charge in [0, 0.05) is 36.4 Å². The average molecular weight is 279 g/mol. The molecule has 0 spiro atoms. The van der Waals surface area contributed by atoms with E-state index in [4.69, 9.17) is 0 Å². The lowest BCUT2D eigenvalue weighted by Crippen LogP contribution is -2.55. The first-order chi connectivity index (χ1) is 9.45. The highest BCUT2D eigenvalue weighted by molar-refractivity contribution is 5.93. The molecule has 0 saturated carbocycles. The summed E-state index contributed by atoms with van der Waals surface area (Å²) >= 11 is 0. The molecule has 1 aliphatic rings. The number of piperazine rings is 1. The number of anilines is 1. The average Bonchev–Trinajstić information content (AvgIpc) is 2.33. The Kier molecular flexibility index (Phi) is 4.73. The van der Waals surface area contributed by atoms with Crippen LogP contribution in [0.2, 0.25) is 0 Å². The molecule has 0 unspecified atom stereocenters. The number of carbonyl (C=O) groups is 1. The Balaban J connectivity index is 1.94. The van der Waals surface area contributed by atoms with Crippen LogP contribution in [0.15, 0.2) is 18.2 Å². The lowest BCUT2D eigenvalue weighted by molar-refractivity contribution is -0.117. The Morgan fingerprint density at radius 1 is 1.40 bits per heavy atom. The summed E-state index contributed by atoms with van der Waals surface area (Å²) in [5.74, 6) is -0.396. The zero-order valence-electron chi connectivity index (χ0n) is 12.2. The smallest absolute Gasteiger partial charge is 0.238 e. The predicted octanol–water partition coefficient (Wildman–Crippen LogP) is 1.75. The number of carbonyl (C=O) groups excluding carboxylic acids is 1. The van der Waals surface area contributed by atoms with Crippen LogP contribution < -0.4 is 10.6 Å². The topological polar surface area (TPSA) is 44.4 Å². The van der Waals surface area contributed by atoms with Crippen molar-refractivity contribution in [1.29, 1.82) is 0 Å². The molecule has 1 fully saturated rings. The van der Waals surface area contributed by atoms with Gasteiger partial charge in [0.25, 0.3) is 0 Å². The monoisotopic (exact) mass is 279 g/mol. The van der Waals surface area contributed by atoms with Crippen LogP contribution in [0.1, 0.15) is 19.4 Å². The molecule has 5 heteroatoms. The lowest BCUT2D eigenvalue weighted by atomic mass is 10.1.